The monoisotopic (exact) mass is 290 g/mol. The lowest BCUT2D eigenvalue weighted by Gasteiger charge is -2.58. The molecule has 110 valence electrons. The van der Waals surface area contributed by atoms with Gasteiger partial charge in [0.05, 0.1) is 5.92 Å². The number of hydrogen-bond acceptors (Lipinski definition) is 2. The maximum Gasteiger partial charge on any atom is 0.378 e. The number of carbonyl (C=O) groups excluding carboxylic acids is 1. The van der Waals surface area contributed by atoms with E-state index in [1.54, 1.807) is 0 Å². The van der Waals surface area contributed by atoms with Crippen molar-refractivity contribution in [2.45, 2.75) is 55.5 Å². The Morgan fingerprint density at radius 1 is 0.895 bits per heavy atom. The molecule has 0 aliphatic heterocycles. The van der Waals surface area contributed by atoms with Gasteiger partial charge in [-0.1, -0.05) is 12.8 Å². The first-order valence-corrected chi connectivity index (χ1v) is 5.90. The third-order valence-electron chi connectivity index (χ3n) is 4.05. The molecule has 2 saturated carbocycles. The number of aliphatic hydroxyl groups is 1. The number of carbonyl (C=O) groups is 1. The summed E-state index contributed by atoms with van der Waals surface area (Å²) >= 11 is 0. The highest BCUT2D eigenvalue weighted by molar-refractivity contribution is 5.83. The van der Waals surface area contributed by atoms with Crippen LogP contribution in [0.15, 0.2) is 0 Å². The molecule has 1 unspecified atom stereocenters. The summed E-state index contributed by atoms with van der Waals surface area (Å²) in [5, 5.41) is 9.52. The molecule has 0 bridgehead atoms. The van der Waals surface area contributed by atoms with Crippen molar-refractivity contribution in [3.63, 3.8) is 0 Å². The van der Waals surface area contributed by atoms with Crippen LogP contribution in [0.3, 0.4) is 0 Å². The van der Waals surface area contributed by atoms with E-state index in [1.165, 1.54) is 0 Å². The predicted octanol–water partition coefficient (Wildman–Crippen LogP) is 2.79. The van der Waals surface area contributed by atoms with Crippen LogP contribution < -0.4 is 0 Å². The smallest absolute Gasteiger partial charge is 0.377 e. The molecule has 8 heteroatoms. The van der Waals surface area contributed by atoms with Gasteiger partial charge in [-0.15, -0.1) is 0 Å². The molecule has 2 rings (SSSR count). The fourth-order valence-electron chi connectivity index (χ4n) is 2.85. The molecule has 0 aromatic rings. The third kappa shape index (κ3) is 1.41. The van der Waals surface area contributed by atoms with Gasteiger partial charge in [-0.2, -0.15) is 26.3 Å². The standard InChI is InChI=1S/C11H12F6O2/c12-9(13)8(19,10(14,15)11(9,16)17)6-4-2-1-3-5-7(6)18/h6,19H,1-5H2. The van der Waals surface area contributed by atoms with Crippen LogP contribution >= 0.6 is 0 Å². The Labute approximate surface area is 104 Å². The van der Waals surface area contributed by atoms with Gasteiger partial charge >= 0.3 is 17.8 Å². The van der Waals surface area contributed by atoms with E-state index in [9.17, 15) is 36.2 Å². The van der Waals surface area contributed by atoms with Crippen LogP contribution in [0.25, 0.3) is 0 Å². The second-order valence-corrected chi connectivity index (χ2v) is 5.11. The fraction of sp³-hybridized carbons (Fsp3) is 0.909. The molecule has 2 aliphatic rings. The molecule has 0 radical (unpaired) electrons. The Balaban J connectivity index is 2.44. The Morgan fingerprint density at radius 3 is 1.95 bits per heavy atom. The lowest BCUT2D eigenvalue weighted by molar-refractivity contribution is -0.498. The summed E-state index contributed by atoms with van der Waals surface area (Å²) in [7, 11) is 0. The zero-order chi connectivity index (χ0) is 14.7. The van der Waals surface area contributed by atoms with Crippen molar-refractivity contribution in [3.8, 4) is 0 Å². The van der Waals surface area contributed by atoms with Crippen molar-refractivity contribution in [2.75, 3.05) is 0 Å². The molecule has 2 fully saturated rings. The van der Waals surface area contributed by atoms with E-state index in [0.29, 0.717) is 12.8 Å². The van der Waals surface area contributed by atoms with Crippen LogP contribution in [0.5, 0.6) is 0 Å². The number of alkyl halides is 6. The molecule has 0 aromatic carbocycles. The van der Waals surface area contributed by atoms with Gasteiger partial charge in [0.25, 0.3) is 0 Å². The second-order valence-electron chi connectivity index (χ2n) is 5.11. The largest absolute Gasteiger partial charge is 0.378 e. The third-order valence-corrected chi connectivity index (χ3v) is 4.05. The van der Waals surface area contributed by atoms with E-state index in [2.05, 4.69) is 0 Å². The molecule has 1 N–H and O–H groups in total. The molecule has 19 heavy (non-hydrogen) atoms. The summed E-state index contributed by atoms with van der Waals surface area (Å²) in [4.78, 5) is 11.6. The van der Waals surface area contributed by atoms with Gasteiger partial charge in [0.2, 0.25) is 5.60 Å². The first kappa shape index (κ1) is 14.6. The fourth-order valence-corrected chi connectivity index (χ4v) is 2.85. The number of Topliss-reactive ketones (excluding diaryl/α,β-unsaturated/α-hetero) is 1. The van der Waals surface area contributed by atoms with Crippen molar-refractivity contribution in [2.24, 2.45) is 5.92 Å². The summed E-state index contributed by atoms with van der Waals surface area (Å²) in [6, 6.07) is 0. The molecule has 0 heterocycles. The minimum Gasteiger partial charge on any atom is -0.377 e. The maximum absolute atomic E-state index is 13.3. The normalized spacial score (nSPS) is 35.3. The Morgan fingerprint density at radius 2 is 1.42 bits per heavy atom. The number of halogens is 6. The topological polar surface area (TPSA) is 37.3 Å². The SMILES string of the molecule is O=C1CCCCCC1C1(O)C(F)(F)C(F)(F)C1(F)F. The lowest BCUT2D eigenvalue weighted by atomic mass is 9.59. The lowest BCUT2D eigenvalue weighted by Crippen LogP contribution is -2.88. The molecule has 0 amide bonds. The van der Waals surface area contributed by atoms with Crippen molar-refractivity contribution < 1.29 is 36.2 Å². The molecular weight excluding hydrogens is 278 g/mol. The number of ketones is 1. The van der Waals surface area contributed by atoms with Crippen LogP contribution in [0.4, 0.5) is 26.3 Å². The molecule has 0 saturated heterocycles. The summed E-state index contributed by atoms with van der Waals surface area (Å²) in [6.07, 6.45) is 0.239. The number of rotatable bonds is 1. The van der Waals surface area contributed by atoms with Gasteiger partial charge in [0.15, 0.2) is 0 Å². The first-order valence-electron chi connectivity index (χ1n) is 5.90. The molecule has 2 nitrogen and oxygen atoms in total. The average molecular weight is 290 g/mol. The van der Waals surface area contributed by atoms with Gasteiger partial charge in [0.1, 0.15) is 5.78 Å². The van der Waals surface area contributed by atoms with Gasteiger partial charge < -0.3 is 5.11 Å². The van der Waals surface area contributed by atoms with Crippen molar-refractivity contribution in [3.05, 3.63) is 0 Å². The van der Waals surface area contributed by atoms with Crippen molar-refractivity contribution >= 4 is 5.78 Å². The van der Waals surface area contributed by atoms with E-state index >= 15 is 0 Å². The highest BCUT2D eigenvalue weighted by Gasteiger charge is 2.99. The van der Waals surface area contributed by atoms with Crippen LogP contribution in [-0.4, -0.2) is 34.3 Å². The van der Waals surface area contributed by atoms with Crippen molar-refractivity contribution in [1.29, 1.82) is 0 Å². The summed E-state index contributed by atoms with van der Waals surface area (Å²) in [6.45, 7) is 0. The quantitative estimate of drug-likeness (QED) is 0.595. The van der Waals surface area contributed by atoms with Gasteiger partial charge in [-0.05, 0) is 12.8 Å². The average Bonchev–Trinajstić information content (AvgIpc) is 2.51. The van der Waals surface area contributed by atoms with E-state index in [1.807, 2.05) is 0 Å². The van der Waals surface area contributed by atoms with E-state index in [0.717, 1.165) is 0 Å². The van der Waals surface area contributed by atoms with Gasteiger partial charge in [-0.25, -0.2) is 0 Å². The minimum absolute atomic E-state index is 0.163. The minimum atomic E-state index is -5.64. The van der Waals surface area contributed by atoms with Crippen LogP contribution in [0.1, 0.15) is 32.1 Å². The van der Waals surface area contributed by atoms with Crippen LogP contribution in [0, 0.1) is 5.92 Å². The van der Waals surface area contributed by atoms with Gasteiger partial charge in [0, 0.05) is 6.42 Å². The summed E-state index contributed by atoms with van der Waals surface area (Å²) in [5.41, 5.74) is -4.29. The highest BCUT2D eigenvalue weighted by Crippen LogP contribution is 2.69. The zero-order valence-electron chi connectivity index (χ0n) is 9.74. The zero-order valence-corrected chi connectivity index (χ0v) is 9.74. The van der Waals surface area contributed by atoms with Gasteiger partial charge in [-0.3, -0.25) is 4.79 Å². The Bertz CT molecular complexity index is 388. The van der Waals surface area contributed by atoms with E-state index in [-0.39, 0.29) is 12.8 Å². The Kier molecular flexibility index (Phi) is 2.97. The molecule has 1 atom stereocenters. The number of hydrogen-bond donors (Lipinski definition) is 1. The van der Waals surface area contributed by atoms with Crippen LogP contribution in [0.2, 0.25) is 0 Å². The maximum atomic E-state index is 13.3. The molecule has 0 aromatic heterocycles. The Hall–Kier alpha value is -0.790. The van der Waals surface area contributed by atoms with Crippen LogP contribution in [-0.2, 0) is 4.79 Å². The molecule has 2 aliphatic carbocycles. The first-order chi connectivity index (χ1) is 8.52. The molecule has 0 spiro atoms. The predicted molar refractivity (Wildman–Crippen MR) is 51.4 cm³/mol. The van der Waals surface area contributed by atoms with E-state index in [4.69, 9.17) is 0 Å². The van der Waals surface area contributed by atoms with E-state index < -0.39 is 41.5 Å². The summed E-state index contributed by atoms with van der Waals surface area (Å²) in [5.74, 6) is -19.4. The van der Waals surface area contributed by atoms with Crippen molar-refractivity contribution in [1.82, 2.24) is 0 Å². The second kappa shape index (κ2) is 3.86. The summed E-state index contributed by atoms with van der Waals surface area (Å²) < 4.78 is 78.9. The molecular formula is C11H12F6O2. The highest BCUT2D eigenvalue weighted by atomic mass is 19.4.